The van der Waals surface area contributed by atoms with Crippen LogP contribution in [0.25, 0.3) is 0 Å². The van der Waals surface area contributed by atoms with Crippen molar-refractivity contribution in [2.45, 2.75) is 63.4 Å². The molecule has 2 atom stereocenters. The summed E-state index contributed by atoms with van der Waals surface area (Å²) in [4.78, 5) is 0. The molecule has 2 aliphatic heterocycles. The van der Waals surface area contributed by atoms with Gasteiger partial charge in [0.15, 0.2) is 5.79 Å². The Kier molecular flexibility index (Phi) is 4.31. The third-order valence-corrected chi connectivity index (χ3v) is 5.31. The van der Waals surface area contributed by atoms with Gasteiger partial charge in [-0.1, -0.05) is 17.7 Å². The summed E-state index contributed by atoms with van der Waals surface area (Å²) in [5.74, 6) is 0.773. The van der Waals surface area contributed by atoms with Gasteiger partial charge >= 0.3 is 0 Å². The van der Waals surface area contributed by atoms with Gasteiger partial charge in [0, 0.05) is 31.0 Å². The first-order chi connectivity index (χ1) is 11.2. The van der Waals surface area contributed by atoms with E-state index < -0.39 is 0 Å². The van der Waals surface area contributed by atoms with E-state index in [9.17, 15) is 0 Å². The molecule has 0 aromatic heterocycles. The quantitative estimate of drug-likeness (QED) is 0.926. The Bertz CT molecular complexity index is 554. The molecule has 1 N–H and O–H groups in total. The summed E-state index contributed by atoms with van der Waals surface area (Å²) in [5, 5.41) is 3.71. The fourth-order valence-corrected chi connectivity index (χ4v) is 4.08. The highest BCUT2D eigenvalue weighted by atomic mass is 16.7. The summed E-state index contributed by atoms with van der Waals surface area (Å²) in [5.41, 5.74) is 2.57. The summed E-state index contributed by atoms with van der Waals surface area (Å²) in [7, 11) is 0. The number of ether oxygens (including phenoxy) is 3. The molecule has 4 nitrogen and oxygen atoms in total. The van der Waals surface area contributed by atoms with Crippen LogP contribution in [0.1, 0.15) is 55.7 Å². The molecule has 3 aliphatic rings. The Balaban J connectivity index is 1.40. The van der Waals surface area contributed by atoms with E-state index in [1.165, 1.54) is 24.0 Å². The molecule has 0 amide bonds. The number of benzene rings is 1. The average molecular weight is 317 g/mol. The second kappa shape index (κ2) is 6.42. The van der Waals surface area contributed by atoms with Gasteiger partial charge in [0.05, 0.1) is 19.3 Å². The van der Waals surface area contributed by atoms with E-state index in [2.05, 4.69) is 30.4 Å². The number of hydrogen-bond donors (Lipinski definition) is 1. The van der Waals surface area contributed by atoms with Crippen LogP contribution in [0.4, 0.5) is 0 Å². The van der Waals surface area contributed by atoms with Crippen molar-refractivity contribution in [1.29, 1.82) is 0 Å². The zero-order valence-electron chi connectivity index (χ0n) is 14.0. The molecule has 1 saturated carbocycles. The van der Waals surface area contributed by atoms with Gasteiger partial charge in [0.2, 0.25) is 0 Å². The van der Waals surface area contributed by atoms with Crippen LogP contribution in [0.15, 0.2) is 18.2 Å². The molecule has 1 spiro atoms. The highest BCUT2D eigenvalue weighted by Crippen LogP contribution is 2.39. The third kappa shape index (κ3) is 3.25. The molecule has 0 unspecified atom stereocenters. The van der Waals surface area contributed by atoms with Crippen LogP contribution < -0.4 is 10.1 Å². The van der Waals surface area contributed by atoms with Gasteiger partial charge in [0.1, 0.15) is 5.75 Å². The Morgan fingerprint density at radius 1 is 1.22 bits per heavy atom. The standard InChI is InChI=1S/C19H27NO3/c1-14-6-7-18-16(11-14)17(5-4-10-21-18)20-12-15-13-22-19(23-15)8-2-3-9-19/h6-7,11,15,17,20H,2-5,8-10,12-13H2,1H3/t15-,17+/m0/s1. The molecule has 4 rings (SSSR count). The van der Waals surface area contributed by atoms with Crippen molar-refractivity contribution < 1.29 is 14.2 Å². The van der Waals surface area contributed by atoms with Gasteiger partial charge in [-0.2, -0.15) is 0 Å². The van der Waals surface area contributed by atoms with Crippen molar-refractivity contribution in [2.75, 3.05) is 19.8 Å². The third-order valence-electron chi connectivity index (χ3n) is 5.31. The van der Waals surface area contributed by atoms with E-state index in [0.717, 1.165) is 51.2 Å². The Hall–Kier alpha value is -1.10. The first-order valence-corrected chi connectivity index (χ1v) is 9.03. The Morgan fingerprint density at radius 3 is 2.96 bits per heavy atom. The molecule has 4 heteroatoms. The number of aryl methyl sites for hydroxylation is 1. The topological polar surface area (TPSA) is 39.7 Å². The van der Waals surface area contributed by atoms with Gasteiger partial charge in [-0.25, -0.2) is 0 Å². The first-order valence-electron chi connectivity index (χ1n) is 9.03. The Morgan fingerprint density at radius 2 is 2.09 bits per heavy atom. The summed E-state index contributed by atoms with van der Waals surface area (Å²) >= 11 is 0. The number of hydrogen-bond acceptors (Lipinski definition) is 4. The van der Waals surface area contributed by atoms with Crippen molar-refractivity contribution in [1.82, 2.24) is 5.32 Å². The molecular formula is C19H27NO3. The summed E-state index contributed by atoms with van der Waals surface area (Å²) in [6.07, 6.45) is 6.93. The highest BCUT2D eigenvalue weighted by Gasteiger charge is 2.43. The van der Waals surface area contributed by atoms with Crippen LogP contribution in [-0.2, 0) is 9.47 Å². The fraction of sp³-hybridized carbons (Fsp3) is 0.684. The Labute approximate surface area is 138 Å². The van der Waals surface area contributed by atoms with E-state index in [4.69, 9.17) is 14.2 Å². The zero-order chi connectivity index (χ0) is 15.7. The maximum atomic E-state index is 6.23. The normalized spacial score (nSPS) is 29.3. The van der Waals surface area contributed by atoms with Crippen LogP contribution in [0.3, 0.4) is 0 Å². The average Bonchev–Trinajstić information content (AvgIpc) is 3.13. The lowest BCUT2D eigenvalue weighted by Gasteiger charge is -2.23. The van der Waals surface area contributed by atoms with E-state index >= 15 is 0 Å². The molecule has 126 valence electrons. The van der Waals surface area contributed by atoms with Gasteiger partial charge in [0.25, 0.3) is 0 Å². The predicted octanol–water partition coefficient (Wildman–Crippen LogP) is 3.48. The van der Waals surface area contributed by atoms with Crippen LogP contribution in [0.5, 0.6) is 5.75 Å². The summed E-state index contributed by atoms with van der Waals surface area (Å²) in [6, 6.07) is 6.82. The second-order valence-corrected chi connectivity index (χ2v) is 7.16. The van der Waals surface area contributed by atoms with E-state index in [0.29, 0.717) is 6.04 Å². The SMILES string of the molecule is Cc1ccc2c(c1)[C@H](NC[C@H]1COC3(CCCC3)O1)CCCO2. The largest absolute Gasteiger partial charge is 0.493 e. The van der Waals surface area contributed by atoms with Gasteiger partial charge in [-0.05, 0) is 38.7 Å². The molecule has 23 heavy (non-hydrogen) atoms. The van der Waals surface area contributed by atoms with Crippen LogP contribution in [0.2, 0.25) is 0 Å². The molecule has 0 bridgehead atoms. The van der Waals surface area contributed by atoms with Crippen molar-refractivity contribution in [3.8, 4) is 5.75 Å². The van der Waals surface area contributed by atoms with Crippen molar-refractivity contribution in [3.05, 3.63) is 29.3 Å². The van der Waals surface area contributed by atoms with Gasteiger partial charge < -0.3 is 19.5 Å². The first kappa shape index (κ1) is 15.4. The zero-order valence-corrected chi connectivity index (χ0v) is 14.0. The minimum absolute atomic E-state index is 0.172. The molecule has 2 heterocycles. The summed E-state index contributed by atoms with van der Waals surface area (Å²) < 4.78 is 18.1. The van der Waals surface area contributed by atoms with E-state index in [-0.39, 0.29) is 11.9 Å². The lowest BCUT2D eigenvalue weighted by atomic mass is 10.00. The summed E-state index contributed by atoms with van der Waals surface area (Å²) in [6.45, 7) is 4.51. The fourth-order valence-electron chi connectivity index (χ4n) is 4.08. The molecule has 1 aromatic carbocycles. The van der Waals surface area contributed by atoms with E-state index in [1.807, 2.05) is 0 Å². The maximum Gasteiger partial charge on any atom is 0.168 e. The minimum Gasteiger partial charge on any atom is -0.493 e. The van der Waals surface area contributed by atoms with Crippen LogP contribution >= 0.6 is 0 Å². The molecule has 1 saturated heterocycles. The number of nitrogens with one attached hydrogen (secondary N) is 1. The number of fused-ring (bicyclic) bond motifs is 1. The minimum atomic E-state index is -0.257. The lowest BCUT2D eigenvalue weighted by molar-refractivity contribution is -0.161. The predicted molar refractivity (Wildman–Crippen MR) is 88.7 cm³/mol. The van der Waals surface area contributed by atoms with Crippen LogP contribution in [0, 0.1) is 6.92 Å². The van der Waals surface area contributed by atoms with E-state index in [1.54, 1.807) is 0 Å². The van der Waals surface area contributed by atoms with Gasteiger partial charge in [-0.3, -0.25) is 0 Å². The second-order valence-electron chi connectivity index (χ2n) is 7.16. The monoisotopic (exact) mass is 317 g/mol. The molecule has 2 fully saturated rings. The van der Waals surface area contributed by atoms with Crippen molar-refractivity contribution >= 4 is 0 Å². The molecular weight excluding hydrogens is 290 g/mol. The smallest absolute Gasteiger partial charge is 0.168 e. The van der Waals surface area contributed by atoms with Crippen molar-refractivity contribution in [3.63, 3.8) is 0 Å². The maximum absolute atomic E-state index is 6.23. The highest BCUT2D eigenvalue weighted by molar-refractivity contribution is 5.39. The lowest BCUT2D eigenvalue weighted by Crippen LogP contribution is -2.34. The molecule has 1 aliphatic carbocycles. The van der Waals surface area contributed by atoms with Gasteiger partial charge in [-0.15, -0.1) is 0 Å². The molecule has 1 aromatic rings. The van der Waals surface area contributed by atoms with Crippen molar-refractivity contribution in [2.24, 2.45) is 0 Å². The van der Waals surface area contributed by atoms with Crippen LogP contribution in [-0.4, -0.2) is 31.6 Å². The number of rotatable bonds is 3. The molecule has 0 radical (unpaired) electrons.